The number of nitrogens with zero attached hydrogens (tertiary/aromatic N) is 1. The first kappa shape index (κ1) is 28.2. The molecule has 0 saturated carbocycles. The molecule has 1 radical (unpaired) electrons. The molecule has 4 heteroatoms. The van der Waals surface area contributed by atoms with E-state index in [-0.39, 0.29) is 31.6 Å². The van der Waals surface area contributed by atoms with E-state index in [4.69, 9.17) is 10.1 Å². The Kier molecular flexibility index (Phi) is 7.99. The van der Waals surface area contributed by atoms with Crippen LogP contribution in [0.2, 0.25) is 0 Å². The first-order valence-corrected chi connectivity index (χ1v) is 13.3. The molecule has 0 saturated heterocycles. The molecule has 0 bridgehead atoms. The third-order valence-corrected chi connectivity index (χ3v) is 7.51. The van der Waals surface area contributed by atoms with Crippen molar-refractivity contribution in [3.05, 3.63) is 161 Å². The number of hydrogen-bond acceptors (Lipinski definition) is 3. The summed E-state index contributed by atoms with van der Waals surface area (Å²) < 4.78 is 0. The summed E-state index contributed by atoms with van der Waals surface area (Å²) in [6, 6.07) is 40.5. The summed E-state index contributed by atoms with van der Waals surface area (Å²) >= 11 is 0. The summed E-state index contributed by atoms with van der Waals surface area (Å²) in [6.45, 7) is 2.85. The van der Waals surface area contributed by atoms with Gasteiger partial charge in [-0.05, 0) is 53.4 Å². The summed E-state index contributed by atoms with van der Waals surface area (Å²) in [4.78, 5) is 14.7. The number of aromatic nitrogens is 1. The molecule has 4 aromatic carbocycles. The monoisotopic (exact) mass is 711 g/mol. The van der Waals surface area contributed by atoms with E-state index in [1.807, 2.05) is 18.3 Å². The zero-order valence-electron chi connectivity index (χ0n) is 22.8. The number of pyridine rings is 1. The van der Waals surface area contributed by atoms with E-state index >= 15 is 0 Å². The molecule has 1 spiro atoms. The third-order valence-electron chi connectivity index (χ3n) is 7.51. The van der Waals surface area contributed by atoms with E-state index in [1.54, 1.807) is 0 Å². The van der Waals surface area contributed by atoms with Gasteiger partial charge in [-0.3, -0.25) is 4.79 Å². The van der Waals surface area contributed by atoms with E-state index in [0.29, 0.717) is 0 Å². The first-order chi connectivity index (χ1) is 19.5. The average Bonchev–Trinajstić information content (AvgIpc) is 3.18. The molecule has 41 heavy (non-hydrogen) atoms. The smallest absolute Gasteiger partial charge is 0.155 e. The van der Waals surface area contributed by atoms with E-state index in [2.05, 4.69) is 109 Å². The number of aliphatic hydroxyl groups is 1. The topological polar surface area (TPSA) is 50.2 Å². The van der Waals surface area contributed by atoms with Gasteiger partial charge in [-0.1, -0.05) is 108 Å². The van der Waals surface area contributed by atoms with E-state index in [0.717, 1.165) is 11.3 Å². The van der Waals surface area contributed by atoms with Crippen molar-refractivity contribution < 1.29 is 30.0 Å². The molecule has 0 unspecified atom stereocenters. The fourth-order valence-corrected chi connectivity index (χ4v) is 6.14. The fourth-order valence-electron chi connectivity index (χ4n) is 6.14. The van der Waals surface area contributed by atoms with Gasteiger partial charge in [0.2, 0.25) is 0 Å². The second kappa shape index (κ2) is 11.6. The van der Waals surface area contributed by atoms with Crippen molar-refractivity contribution in [1.82, 2.24) is 4.98 Å². The van der Waals surface area contributed by atoms with Gasteiger partial charge >= 0.3 is 0 Å². The van der Waals surface area contributed by atoms with Gasteiger partial charge < -0.3 is 10.1 Å². The quantitative estimate of drug-likeness (QED) is 0.111. The van der Waals surface area contributed by atoms with Gasteiger partial charge in [0.1, 0.15) is 0 Å². The number of carbonyl (C=O) groups excluding carboxylic acids is 1. The van der Waals surface area contributed by atoms with Crippen LogP contribution in [0.1, 0.15) is 47.2 Å². The Morgan fingerprint density at radius 2 is 1.34 bits per heavy atom. The van der Waals surface area contributed by atoms with Crippen LogP contribution in [0.5, 0.6) is 0 Å². The molecule has 2 aliphatic rings. The van der Waals surface area contributed by atoms with Crippen molar-refractivity contribution in [2.24, 2.45) is 0 Å². The molecule has 5 aromatic rings. The Morgan fingerprint density at radius 3 is 1.90 bits per heavy atom. The van der Waals surface area contributed by atoms with Crippen LogP contribution in [-0.2, 0) is 30.3 Å². The predicted octanol–water partition coefficient (Wildman–Crippen LogP) is 8.43. The van der Waals surface area contributed by atoms with Gasteiger partial charge in [-0.25, -0.2) is 0 Å². The van der Waals surface area contributed by atoms with Crippen molar-refractivity contribution in [3.8, 4) is 22.4 Å². The van der Waals surface area contributed by atoms with Crippen molar-refractivity contribution in [3.63, 3.8) is 0 Å². The van der Waals surface area contributed by atoms with Gasteiger partial charge in [0.25, 0.3) is 0 Å². The first-order valence-electron chi connectivity index (χ1n) is 13.3. The molecule has 0 aliphatic heterocycles. The summed E-state index contributed by atoms with van der Waals surface area (Å²) in [5.74, 6) is -0.0625. The van der Waals surface area contributed by atoms with E-state index in [1.165, 1.54) is 64.4 Å². The minimum Gasteiger partial charge on any atom is -0.512 e. The number of allylic oxidation sites excluding steroid dienone is 2. The third kappa shape index (κ3) is 4.80. The van der Waals surface area contributed by atoms with Gasteiger partial charge in [-0.2, -0.15) is 0 Å². The molecule has 1 heterocycles. The summed E-state index contributed by atoms with van der Waals surface area (Å²) in [7, 11) is 0. The molecule has 0 fully saturated rings. The SMILES string of the molecule is CC(=O)/C=C(/C)O.[Ir].[c-]1ccc2c(c1-c1ccccn1)-c1ccccc1C21c2ccccc2C=Cc2ccccc21. The molecule has 1 N–H and O–H groups in total. The van der Waals surface area contributed by atoms with Gasteiger partial charge in [0.05, 0.1) is 11.2 Å². The predicted molar refractivity (Wildman–Crippen MR) is 162 cm³/mol. The van der Waals surface area contributed by atoms with Crippen LogP contribution >= 0.6 is 0 Å². The second-order valence-electron chi connectivity index (χ2n) is 10.1. The van der Waals surface area contributed by atoms with Crippen molar-refractivity contribution >= 4 is 17.9 Å². The molecule has 203 valence electrons. The number of fused-ring (bicyclic) bond motifs is 9. The molecular formula is C37H28IrNO2-. The van der Waals surface area contributed by atoms with Crippen LogP contribution in [-0.4, -0.2) is 15.9 Å². The summed E-state index contributed by atoms with van der Waals surface area (Å²) in [5, 5.41) is 8.36. The minimum absolute atomic E-state index is 0. The number of aliphatic hydroxyl groups excluding tert-OH is 1. The molecular weight excluding hydrogens is 683 g/mol. The number of ketones is 1. The largest absolute Gasteiger partial charge is 0.512 e. The Bertz CT molecular complexity index is 1750. The standard InChI is InChI=1S/C32H20N.C5H8O2.Ir/c1-4-14-26-22(10-1)19-20-23-11-2-5-15-27(23)32(26)28-16-6-3-12-24(28)31-25(13-9-17-29(31)32)30-18-7-8-21-33-30;1-4(6)3-5(2)7;/h1-12,14-21H;3,6H,1-2H3;/q-1;;/b;4-3-;. The van der Waals surface area contributed by atoms with Crippen molar-refractivity contribution in [1.29, 1.82) is 0 Å². The van der Waals surface area contributed by atoms with Crippen LogP contribution in [0, 0.1) is 6.07 Å². The van der Waals surface area contributed by atoms with Gasteiger partial charge in [-0.15, -0.1) is 29.3 Å². The summed E-state index contributed by atoms with van der Waals surface area (Å²) in [5.41, 5.74) is 11.9. The second-order valence-corrected chi connectivity index (χ2v) is 10.1. The van der Waals surface area contributed by atoms with Crippen molar-refractivity contribution in [2.75, 3.05) is 0 Å². The maximum absolute atomic E-state index is 10.0. The zero-order chi connectivity index (χ0) is 27.7. The zero-order valence-corrected chi connectivity index (χ0v) is 25.2. The number of hydrogen-bond donors (Lipinski definition) is 1. The van der Waals surface area contributed by atoms with Crippen LogP contribution in [0.15, 0.2) is 121 Å². The number of carbonyl (C=O) groups is 1. The Hall–Kier alpha value is -4.37. The number of benzene rings is 4. The maximum Gasteiger partial charge on any atom is 0.155 e. The summed E-state index contributed by atoms with van der Waals surface area (Å²) in [6.07, 6.45) is 7.55. The normalized spacial score (nSPS) is 13.4. The van der Waals surface area contributed by atoms with E-state index < -0.39 is 5.41 Å². The van der Waals surface area contributed by atoms with Crippen molar-refractivity contribution in [2.45, 2.75) is 19.3 Å². The fraction of sp³-hybridized carbons (Fsp3) is 0.0811. The van der Waals surface area contributed by atoms with Crippen LogP contribution < -0.4 is 0 Å². The molecule has 3 nitrogen and oxygen atoms in total. The molecule has 0 atom stereocenters. The molecule has 0 amide bonds. The molecule has 1 aromatic heterocycles. The van der Waals surface area contributed by atoms with Crippen LogP contribution in [0.4, 0.5) is 0 Å². The van der Waals surface area contributed by atoms with E-state index in [9.17, 15) is 4.79 Å². The van der Waals surface area contributed by atoms with Gasteiger partial charge in [0.15, 0.2) is 5.78 Å². The minimum atomic E-state index is -0.402. The average molecular weight is 711 g/mol. The van der Waals surface area contributed by atoms with Crippen LogP contribution in [0.3, 0.4) is 0 Å². The van der Waals surface area contributed by atoms with Gasteiger partial charge in [0, 0.05) is 32.4 Å². The molecule has 2 aliphatic carbocycles. The Balaban J connectivity index is 0.000000379. The Labute approximate surface area is 254 Å². The van der Waals surface area contributed by atoms with Crippen LogP contribution in [0.25, 0.3) is 34.5 Å². The molecule has 7 rings (SSSR count). The Morgan fingerprint density at radius 1 is 0.756 bits per heavy atom. The maximum atomic E-state index is 10.0. The number of rotatable bonds is 2.